The molecule has 1 unspecified atom stereocenters. The molecule has 6 heteroatoms. The lowest BCUT2D eigenvalue weighted by molar-refractivity contribution is 0.170. The lowest BCUT2D eigenvalue weighted by Gasteiger charge is -2.25. The molecule has 0 saturated carbocycles. The van der Waals surface area contributed by atoms with E-state index >= 15 is 0 Å². The predicted octanol–water partition coefficient (Wildman–Crippen LogP) is 2.69. The highest BCUT2D eigenvalue weighted by Gasteiger charge is 2.32. The average Bonchev–Trinajstić information content (AvgIpc) is 3.16. The molecule has 0 radical (unpaired) electrons. The maximum absolute atomic E-state index is 5.48. The van der Waals surface area contributed by atoms with Gasteiger partial charge in [0.2, 0.25) is 17.6 Å². The average molecular weight is 288 g/mol. The molecule has 3 rings (SSSR count). The molecule has 1 atom stereocenters. The molecule has 3 heterocycles. The molecule has 6 nitrogen and oxygen atoms in total. The SMILES string of the molecule is COc1ccc(-c2noc(C3CCCN3C(C)C)n2)cn1. The first-order chi connectivity index (χ1) is 10.2. The van der Waals surface area contributed by atoms with Crippen LogP contribution in [-0.4, -0.2) is 39.7 Å². The number of aromatic nitrogens is 3. The molecule has 0 aromatic carbocycles. The monoisotopic (exact) mass is 288 g/mol. The van der Waals surface area contributed by atoms with Crippen LogP contribution >= 0.6 is 0 Å². The standard InChI is InChI=1S/C15H20N4O2/c1-10(2)19-8-4-5-12(19)15-17-14(18-21-15)11-6-7-13(20-3)16-9-11/h6-7,9-10,12H,4-5,8H2,1-3H3. The molecule has 0 spiro atoms. The summed E-state index contributed by atoms with van der Waals surface area (Å²) in [5.74, 6) is 1.85. The van der Waals surface area contributed by atoms with Crippen molar-refractivity contribution >= 4 is 0 Å². The number of methoxy groups -OCH3 is 1. The van der Waals surface area contributed by atoms with Gasteiger partial charge < -0.3 is 9.26 Å². The Balaban J connectivity index is 1.82. The number of ether oxygens (including phenoxy) is 1. The van der Waals surface area contributed by atoms with Gasteiger partial charge in [-0.05, 0) is 39.3 Å². The van der Waals surface area contributed by atoms with E-state index in [1.807, 2.05) is 6.07 Å². The summed E-state index contributed by atoms with van der Waals surface area (Å²) in [5.41, 5.74) is 0.833. The molecule has 0 amide bonds. The van der Waals surface area contributed by atoms with Gasteiger partial charge in [0.15, 0.2) is 0 Å². The van der Waals surface area contributed by atoms with Crippen molar-refractivity contribution in [2.45, 2.75) is 38.8 Å². The molecule has 2 aromatic heterocycles. The summed E-state index contributed by atoms with van der Waals surface area (Å²) in [6, 6.07) is 4.39. The Hall–Kier alpha value is -1.95. The maximum atomic E-state index is 5.48. The minimum atomic E-state index is 0.234. The summed E-state index contributed by atoms with van der Waals surface area (Å²) in [5, 5.41) is 4.09. The van der Waals surface area contributed by atoms with E-state index < -0.39 is 0 Å². The van der Waals surface area contributed by atoms with Crippen LogP contribution in [0.3, 0.4) is 0 Å². The van der Waals surface area contributed by atoms with Crippen molar-refractivity contribution in [3.8, 4) is 17.3 Å². The molecule has 1 fully saturated rings. The van der Waals surface area contributed by atoms with Crippen molar-refractivity contribution in [3.63, 3.8) is 0 Å². The lowest BCUT2D eigenvalue weighted by atomic mass is 10.2. The summed E-state index contributed by atoms with van der Waals surface area (Å²) in [4.78, 5) is 11.1. The first-order valence-corrected chi connectivity index (χ1v) is 7.29. The third-order valence-corrected chi connectivity index (χ3v) is 3.89. The molecule has 0 N–H and O–H groups in total. The smallest absolute Gasteiger partial charge is 0.244 e. The molecule has 1 aliphatic heterocycles. The molecule has 0 bridgehead atoms. The normalized spacial score (nSPS) is 19.3. The van der Waals surface area contributed by atoms with Crippen LogP contribution in [0.15, 0.2) is 22.9 Å². The van der Waals surface area contributed by atoms with Gasteiger partial charge >= 0.3 is 0 Å². The highest BCUT2D eigenvalue weighted by molar-refractivity contribution is 5.53. The fourth-order valence-corrected chi connectivity index (χ4v) is 2.79. The van der Waals surface area contributed by atoms with E-state index in [0.29, 0.717) is 23.6 Å². The van der Waals surface area contributed by atoms with Crippen LogP contribution in [0.2, 0.25) is 0 Å². The summed E-state index contributed by atoms with van der Waals surface area (Å²) in [7, 11) is 1.59. The van der Waals surface area contributed by atoms with Crippen molar-refractivity contribution in [1.29, 1.82) is 0 Å². The van der Waals surface area contributed by atoms with E-state index in [4.69, 9.17) is 9.26 Å². The zero-order valence-electron chi connectivity index (χ0n) is 12.6. The second-order valence-electron chi connectivity index (χ2n) is 5.54. The highest BCUT2D eigenvalue weighted by Crippen LogP contribution is 2.33. The number of hydrogen-bond donors (Lipinski definition) is 0. The molecule has 1 aliphatic rings. The van der Waals surface area contributed by atoms with Gasteiger partial charge in [-0.3, -0.25) is 4.90 Å². The van der Waals surface area contributed by atoms with Crippen LogP contribution in [-0.2, 0) is 0 Å². The molecule has 112 valence electrons. The Morgan fingerprint density at radius 3 is 2.90 bits per heavy atom. The van der Waals surface area contributed by atoms with Gasteiger partial charge in [0, 0.05) is 23.9 Å². The first kappa shape index (κ1) is 14.0. The second-order valence-corrected chi connectivity index (χ2v) is 5.54. The van der Waals surface area contributed by atoms with E-state index in [1.165, 1.54) is 6.42 Å². The summed E-state index contributed by atoms with van der Waals surface area (Å²) in [6.07, 6.45) is 3.94. The van der Waals surface area contributed by atoms with Crippen LogP contribution in [0.25, 0.3) is 11.4 Å². The number of hydrogen-bond acceptors (Lipinski definition) is 6. The van der Waals surface area contributed by atoms with Crippen molar-refractivity contribution in [3.05, 3.63) is 24.2 Å². The van der Waals surface area contributed by atoms with E-state index in [2.05, 4.69) is 33.9 Å². The fourth-order valence-electron chi connectivity index (χ4n) is 2.79. The van der Waals surface area contributed by atoms with Crippen LogP contribution in [0.1, 0.15) is 38.6 Å². The third kappa shape index (κ3) is 2.76. The van der Waals surface area contributed by atoms with E-state index in [1.54, 1.807) is 19.4 Å². The van der Waals surface area contributed by atoms with Crippen LogP contribution in [0.5, 0.6) is 5.88 Å². The van der Waals surface area contributed by atoms with Gasteiger partial charge in [-0.15, -0.1) is 0 Å². The van der Waals surface area contributed by atoms with Gasteiger partial charge in [-0.25, -0.2) is 4.98 Å². The lowest BCUT2D eigenvalue weighted by Crippen LogP contribution is -2.30. The predicted molar refractivity (Wildman–Crippen MR) is 77.9 cm³/mol. The first-order valence-electron chi connectivity index (χ1n) is 7.29. The fraction of sp³-hybridized carbons (Fsp3) is 0.533. The Labute approximate surface area is 124 Å². The van der Waals surface area contributed by atoms with Gasteiger partial charge in [0.1, 0.15) is 0 Å². The quantitative estimate of drug-likeness (QED) is 0.862. The maximum Gasteiger partial charge on any atom is 0.244 e. The Morgan fingerprint density at radius 2 is 2.24 bits per heavy atom. The summed E-state index contributed by atoms with van der Waals surface area (Å²) < 4.78 is 10.5. The Kier molecular flexibility index (Phi) is 3.88. The molecular weight excluding hydrogens is 268 g/mol. The number of nitrogens with zero attached hydrogens (tertiary/aromatic N) is 4. The summed E-state index contributed by atoms with van der Waals surface area (Å²) >= 11 is 0. The molecule has 1 saturated heterocycles. The molecule has 2 aromatic rings. The molecular formula is C15H20N4O2. The van der Waals surface area contributed by atoms with E-state index in [9.17, 15) is 0 Å². The van der Waals surface area contributed by atoms with Crippen LogP contribution in [0.4, 0.5) is 0 Å². The van der Waals surface area contributed by atoms with Crippen LogP contribution < -0.4 is 4.74 Å². The minimum absolute atomic E-state index is 0.234. The van der Waals surface area contributed by atoms with Gasteiger partial charge in [0.05, 0.1) is 13.2 Å². The minimum Gasteiger partial charge on any atom is -0.481 e. The number of pyridine rings is 1. The van der Waals surface area contributed by atoms with Crippen molar-refractivity contribution in [2.75, 3.05) is 13.7 Å². The third-order valence-electron chi connectivity index (χ3n) is 3.89. The van der Waals surface area contributed by atoms with Crippen molar-refractivity contribution in [2.24, 2.45) is 0 Å². The number of rotatable bonds is 4. The highest BCUT2D eigenvalue weighted by atomic mass is 16.5. The zero-order valence-corrected chi connectivity index (χ0v) is 12.6. The van der Waals surface area contributed by atoms with Gasteiger partial charge in [-0.1, -0.05) is 5.16 Å². The Bertz CT molecular complexity index is 594. The van der Waals surface area contributed by atoms with Crippen molar-refractivity contribution < 1.29 is 9.26 Å². The van der Waals surface area contributed by atoms with Gasteiger partial charge in [-0.2, -0.15) is 4.98 Å². The largest absolute Gasteiger partial charge is 0.481 e. The molecule has 21 heavy (non-hydrogen) atoms. The van der Waals surface area contributed by atoms with Crippen molar-refractivity contribution in [1.82, 2.24) is 20.0 Å². The van der Waals surface area contributed by atoms with E-state index in [0.717, 1.165) is 18.5 Å². The van der Waals surface area contributed by atoms with E-state index in [-0.39, 0.29) is 6.04 Å². The Morgan fingerprint density at radius 1 is 1.38 bits per heavy atom. The summed E-state index contributed by atoms with van der Waals surface area (Å²) in [6.45, 7) is 5.48. The molecule has 0 aliphatic carbocycles. The topological polar surface area (TPSA) is 64.3 Å². The van der Waals surface area contributed by atoms with Crippen LogP contribution in [0, 0.1) is 0 Å². The van der Waals surface area contributed by atoms with Gasteiger partial charge in [0.25, 0.3) is 0 Å². The zero-order chi connectivity index (χ0) is 14.8. The second kappa shape index (κ2) is 5.81. The number of likely N-dealkylation sites (tertiary alicyclic amines) is 1.